The zero-order valence-corrected chi connectivity index (χ0v) is 13.7. The van der Waals surface area contributed by atoms with E-state index >= 15 is 0 Å². The van der Waals surface area contributed by atoms with E-state index in [1.54, 1.807) is 27.0 Å². The second-order valence-electron chi connectivity index (χ2n) is 5.37. The number of ether oxygens (including phenoxy) is 1. The summed E-state index contributed by atoms with van der Waals surface area (Å²) in [5, 5.41) is 2.88. The van der Waals surface area contributed by atoms with Crippen LogP contribution in [0, 0.1) is 13.8 Å². The molecule has 1 aliphatic carbocycles. The number of hydrogen-bond acceptors (Lipinski definition) is 4. The second-order valence-corrected chi connectivity index (χ2v) is 7.90. The summed E-state index contributed by atoms with van der Waals surface area (Å²) in [6, 6.07) is 3.07. The molecule has 0 atom stereocenters. The van der Waals surface area contributed by atoms with E-state index in [2.05, 4.69) is 5.32 Å². The molecule has 1 fully saturated rings. The molecule has 1 aromatic carbocycles. The van der Waals surface area contributed by atoms with Gasteiger partial charge < -0.3 is 10.1 Å². The Bertz CT molecular complexity index is 666. The molecule has 5 nitrogen and oxygen atoms in total. The molecule has 0 spiro atoms. The van der Waals surface area contributed by atoms with Gasteiger partial charge in [0.1, 0.15) is 0 Å². The molecule has 1 aliphatic rings. The average molecular weight is 332 g/mol. The van der Waals surface area contributed by atoms with Crippen molar-refractivity contribution in [1.29, 1.82) is 0 Å². The van der Waals surface area contributed by atoms with Crippen LogP contribution in [0.1, 0.15) is 34.3 Å². The van der Waals surface area contributed by atoms with Crippen LogP contribution < -0.4 is 5.32 Å². The first-order chi connectivity index (χ1) is 9.72. The van der Waals surface area contributed by atoms with Crippen LogP contribution in [-0.2, 0) is 13.8 Å². The average Bonchev–Trinajstić information content (AvgIpc) is 2.31. The van der Waals surface area contributed by atoms with Crippen LogP contribution in [0.15, 0.2) is 17.0 Å². The minimum absolute atomic E-state index is 0.0247. The van der Waals surface area contributed by atoms with Crippen LogP contribution in [-0.4, -0.2) is 33.6 Å². The summed E-state index contributed by atoms with van der Waals surface area (Å²) in [6.07, 6.45) is 1.73. The number of aryl methyl sites for hydroxylation is 2. The summed E-state index contributed by atoms with van der Waals surface area (Å²) in [7, 11) is 3.18. The Kier molecular flexibility index (Phi) is 4.60. The Labute approximate surface area is 129 Å². The van der Waals surface area contributed by atoms with Gasteiger partial charge in [0.2, 0.25) is 0 Å². The summed E-state index contributed by atoms with van der Waals surface area (Å²) < 4.78 is 28.2. The predicted molar refractivity (Wildman–Crippen MR) is 80.2 cm³/mol. The van der Waals surface area contributed by atoms with Crippen LogP contribution in [0.4, 0.5) is 0 Å². The van der Waals surface area contributed by atoms with Crippen LogP contribution in [0.25, 0.3) is 0 Å². The van der Waals surface area contributed by atoms with Gasteiger partial charge in [0.25, 0.3) is 15.0 Å². The molecule has 1 saturated carbocycles. The van der Waals surface area contributed by atoms with Gasteiger partial charge in [0.05, 0.1) is 11.0 Å². The molecule has 7 heteroatoms. The van der Waals surface area contributed by atoms with Gasteiger partial charge in [0.15, 0.2) is 0 Å². The number of carbonyl (C=O) groups excluding carboxylic acids is 1. The highest BCUT2D eigenvalue weighted by Crippen LogP contribution is 2.26. The Balaban J connectivity index is 2.21. The van der Waals surface area contributed by atoms with Gasteiger partial charge in [-0.05, 0) is 43.9 Å². The molecular formula is C14H18ClNO4S. The van der Waals surface area contributed by atoms with Crippen molar-refractivity contribution in [3.05, 3.63) is 28.8 Å². The maximum atomic E-state index is 12.3. The molecule has 2 rings (SSSR count). The van der Waals surface area contributed by atoms with E-state index in [-0.39, 0.29) is 22.9 Å². The van der Waals surface area contributed by atoms with Gasteiger partial charge in [0, 0.05) is 29.4 Å². The topological polar surface area (TPSA) is 72.5 Å². The van der Waals surface area contributed by atoms with Gasteiger partial charge in [-0.15, -0.1) is 0 Å². The molecule has 1 amide bonds. The molecule has 0 aromatic heterocycles. The van der Waals surface area contributed by atoms with Crippen molar-refractivity contribution in [2.75, 3.05) is 7.11 Å². The highest BCUT2D eigenvalue weighted by molar-refractivity contribution is 8.13. The van der Waals surface area contributed by atoms with Crippen LogP contribution in [0.5, 0.6) is 0 Å². The van der Waals surface area contributed by atoms with Crippen molar-refractivity contribution in [3.63, 3.8) is 0 Å². The summed E-state index contributed by atoms with van der Waals surface area (Å²) in [4.78, 5) is 12.2. The Hall–Kier alpha value is -1.11. The summed E-state index contributed by atoms with van der Waals surface area (Å²) in [6.45, 7) is 3.42. The molecule has 116 valence electrons. The van der Waals surface area contributed by atoms with Gasteiger partial charge in [-0.2, -0.15) is 0 Å². The molecule has 0 saturated heterocycles. The molecule has 0 heterocycles. The third-order valence-electron chi connectivity index (χ3n) is 3.79. The zero-order valence-electron chi connectivity index (χ0n) is 12.1. The van der Waals surface area contributed by atoms with E-state index in [1.807, 2.05) is 0 Å². The number of nitrogens with one attached hydrogen (secondary N) is 1. The maximum Gasteiger partial charge on any atom is 0.261 e. The van der Waals surface area contributed by atoms with E-state index in [9.17, 15) is 13.2 Å². The lowest BCUT2D eigenvalue weighted by Gasteiger charge is -2.34. The number of methoxy groups -OCH3 is 1. The molecule has 0 radical (unpaired) electrons. The van der Waals surface area contributed by atoms with Crippen LogP contribution in [0.2, 0.25) is 0 Å². The molecule has 0 aliphatic heterocycles. The van der Waals surface area contributed by atoms with Gasteiger partial charge in [-0.25, -0.2) is 8.42 Å². The van der Waals surface area contributed by atoms with Crippen molar-refractivity contribution in [3.8, 4) is 0 Å². The quantitative estimate of drug-likeness (QED) is 0.858. The maximum absolute atomic E-state index is 12.3. The summed E-state index contributed by atoms with van der Waals surface area (Å²) in [5.74, 6) is -0.284. The predicted octanol–water partition coefficient (Wildman–Crippen LogP) is 2.14. The van der Waals surface area contributed by atoms with Crippen molar-refractivity contribution in [2.45, 2.75) is 43.7 Å². The Morgan fingerprint density at radius 1 is 1.29 bits per heavy atom. The fraction of sp³-hybridized carbons (Fsp3) is 0.500. The molecule has 1 aromatic rings. The van der Waals surface area contributed by atoms with E-state index < -0.39 is 9.05 Å². The number of hydrogen-bond donors (Lipinski definition) is 1. The highest BCUT2D eigenvalue weighted by atomic mass is 35.7. The van der Waals surface area contributed by atoms with Crippen molar-refractivity contribution >= 4 is 25.6 Å². The lowest BCUT2D eigenvalue weighted by atomic mass is 9.89. The number of halogens is 1. The number of benzene rings is 1. The molecule has 0 unspecified atom stereocenters. The molecule has 21 heavy (non-hydrogen) atoms. The van der Waals surface area contributed by atoms with Crippen LogP contribution >= 0.6 is 10.7 Å². The monoisotopic (exact) mass is 331 g/mol. The van der Waals surface area contributed by atoms with Gasteiger partial charge in [-0.1, -0.05) is 6.07 Å². The smallest absolute Gasteiger partial charge is 0.261 e. The van der Waals surface area contributed by atoms with Crippen molar-refractivity contribution < 1.29 is 17.9 Å². The Morgan fingerprint density at radius 2 is 1.90 bits per heavy atom. The van der Waals surface area contributed by atoms with Gasteiger partial charge >= 0.3 is 0 Å². The molecule has 1 N–H and O–H groups in total. The van der Waals surface area contributed by atoms with Crippen molar-refractivity contribution in [1.82, 2.24) is 5.32 Å². The number of rotatable bonds is 4. The highest BCUT2D eigenvalue weighted by Gasteiger charge is 2.31. The minimum Gasteiger partial charge on any atom is -0.381 e. The summed E-state index contributed by atoms with van der Waals surface area (Å²) >= 11 is 0. The number of carbonyl (C=O) groups is 1. The molecular weight excluding hydrogens is 314 g/mol. The third-order valence-corrected chi connectivity index (χ3v) is 5.26. The first kappa shape index (κ1) is 16.3. The standard InChI is InChI=1S/C14H18ClNO4S/c1-8-4-9(2)13(21(15,18)19)7-12(8)14(17)16-10-5-11(6-10)20-3/h4,7,10-11H,5-6H2,1-3H3,(H,16,17). The third kappa shape index (κ3) is 3.56. The van der Waals surface area contributed by atoms with E-state index in [1.165, 1.54) is 6.07 Å². The fourth-order valence-corrected chi connectivity index (χ4v) is 3.68. The van der Waals surface area contributed by atoms with Gasteiger partial charge in [-0.3, -0.25) is 4.79 Å². The van der Waals surface area contributed by atoms with E-state index in [0.29, 0.717) is 11.1 Å². The lowest BCUT2D eigenvalue weighted by Crippen LogP contribution is -2.47. The first-order valence-corrected chi connectivity index (χ1v) is 8.93. The Morgan fingerprint density at radius 3 is 2.43 bits per heavy atom. The number of amides is 1. The SMILES string of the molecule is COC1CC(NC(=O)c2cc(S(=O)(=O)Cl)c(C)cc2C)C1. The fourth-order valence-electron chi connectivity index (χ4n) is 2.48. The summed E-state index contributed by atoms with van der Waals surface area (Å²) in [5.41, 5.74) is 1.58. The lowest BCUT2D eigenvalue weighted by molar-refractivity contribution is 0.0176. The van der Waals surface area contributed by atoms with Crippen molar-refractivity contribution in [2.24, 2.45) is 0 Å². The molecule has 0 bridgehead atoms. The first-order valence-electron chi connectivity index (χ1n) is 6.62. The second kappa shape index (κ2) is 5.94. The van der Waals surface area contributed by atoms with Crippen LogP contribution in [0.3, 0.4) is 0 Å². The largest absolute Gasteiger partial charge is 0.381 e. The normalized spacial score (nSPS) is 21.7. The van der Waals surface area contributed by atoms with E-state index in [4.69, 9.17) is 15.4 Å². The minimum atomic E-state index is -3.87. The van der Waals surface area contributed by atoms with E-state index in [0.717, 1.165) is 18.4 Å². The zero-order chi connectivity index (χ0) is 15.8.